The second-order valence-electron chi connectivity index (χ2n) is 5.13. The van der Waals surface area contributed by atoms with E-state index in [1.807, 2.05) is 24.3 Å². The van der Waals surface area contributed by atoms with Gasteiger partial charge in [-0.3, -0.25) is 20.3 Å². The van der Waals surface area contributed by atoms with Gasteiger partial charge in [0.25, 0.3) is 5.91 Å². The molecule has 23 heavy (non-hydrogen) atoms. The van der Waals surface area contributed by atoms with Gasteiger partial charge in [0.15, 0.2) is 0 Å². The first kappa shape index (κ1) is 13.8. The van der Waals surface area contributed by atoms with Crippen LogP contribution >= 0.6 is 11.3 Å². The second-order valence-corrected chi connectivity index (χ2v) is 6.18. The van der Waals surface area contributed by atoms with E-state index >= 15 is 0 Å². The number of amides is 4. The van der Waals surface area contributed by atoms with Crippen molar-refractivity contribution in [3.05, 3.63) is 40.8 Å². The SMILES string of the molecule is O=C1CN(NC(=O)c2cc3c(s2)-c2ccccc2OC3)C(=O)N1. The van der Waals surface area contributed by atoms with Crippen molar-refractivity contribution in [3.63, 3.8) is 0 Å². The molecule has 2 aliphatic heterocycles. The number of imide groups is 1. The summed E-state index contributed by atoms with van der Waals surface area (Å²) < 4.78 is 5.66. The second kappa shape index (κ2) is 5.10. The molecule has 7 nitrogen and oxygen atoms in total. The molecule has 2 aliphatic rings. The van der Waals surface area contributed by atoms with Gasteiger partial charge in [-0.2, -0.15) is 0 Å². The number of urea groups is 1. The Kier molecular flexibility index (Phi) is 3.05. The highest BCUT2D eigenvalue weighted by Gasteiger charge is 2.29. The summed E-state index contributed by atoms with van der Waals surface area (Å²) in [7, 11) is 0. The van der Waals surface area contributed by atoms with Crippen molar-refractivity contribution in [2.45, 2.75) is 6.61 Å². The van der Waals surface area contributed by atoms with E-state index in [-0.39, 0.29) is 6.54 Å². The van der Waals surface area contributed by atoms with Gasteiger partial charge in [0.1, 0.15) is 18.9 Å². The molecule has 0 atom stereocenters. The predicted molar refractivity (Wildman–Crippen MR) is 81.8 cm³/mol. The highest BCUT2D eigenvalue weighted by atomic mass is 32.1. The van der Waals surface area contributed by atoms with Gasteiger partial charge in [0.05, 0.1) is 4.88 Å². The first-order chi connectivity index (χ1) is 11.1. The van der Waals surface area contributed by atoms with E-state index in [1.54, 1.807) is 6.07 Å². The van der Waals surface area contributed by atoms with E-state index in [9.17, 15) is 14.4 Å². The Morgan fingerprint density at radius 3 is 2.91 bits per heavy atom. The average molecular weight is 329 g/mol. The number of hydrogen-bond acceptors (Lipinski definition) is 5. The number of carbonyl (C=O) groups excluding carboxylic acids is 3. The van der Waals surface area contributed by atoms with Crippen LogP contribution in [0.1, 0.15) is 15.2 Å². The van der Waals surface area contributed by atoms with Crippen LogP contribution in [0.15, 0.2) is 30.3 Å². The van der Waals surface area contributed by atoms with Gasteiger partial charge < -0.3 is 4.74 Å². The van der Waals surface area contributed by atoms with Crippen molar-refractivity contribution in [1.29, 1.82) is 0 Å². The largest absolute Gasteiger partial charge is 0.488 e. The number of thiophene rings is 1. The maximum absolute atomic E-state index is 12.3. The van der Waals surface area contributed by atoms with Crippen molar-refractivity contribution < 1.29 is 19.1 Å². The number of nitrogens with one attached hydrogen (secondary N) is 2. The fourth-order valence-electron chi connectivity index (χ4n) is 2.52. The van der Waals surface area contributed by atoms with Gasteiger partial charge in [-0.05, 0) is 18.2 Å². The van der Waals surface area contributed by atoms with E-state index < -0.39 is 17.8 Å². The zero-order valence-electron chi connectivity index (χ0n) is 11.8. The Labute approximate surface area is 134 Å². The molecule has 1 fully saturated rings. The van der Waals surface area contributed by atoms with Gasteiger partial charge in [0, 0.05) is 16.0 Å². The van der Waals surface area contributed by atoms with E-state index in [2.05, 4.69) is 10.7 Å². The minimum absolute atomic E-state index is 0.179. The topological polar surface area (TPSA) is 87.7 Å². The van der Waals surface area contributed by atoms with E-state index in [0.717, 1.165) is 26.8 Å². The molecule has 1 saturated heterocycles. The average Bonchev–Trinajstić information content (AvgIpc) is 3.11. The fourth-order valence-corrected chi connectivity index (χ4v) is 3.61. The lowest BCUT2D eigenvalue weighted by molar-refractivity contribution is -0.118. The molecule has 0 saturated carbocycles. The van der Waals surface area contributed by atoms with Crippen LogP contribution in [-0.4, -0.2) is 29.4 Å². The van der Waals surface area contributed by atoms with Crippen LogP contribution < -0.4 is 15.5 Å². The highest BCUT2D eigenvalue weighted by Crippen LogP contribution is 2.42. The number of carbonyl (C=O) groups is 3. The van der Waals surface area contributed by atoms with Gasteiger partial charge in [-0.25, -0.2) is 9.80 Å². The van der Waals surface area contributed by atoms with E-state index in [0.29, 0.717) is 11.5 Å². The summed E-state index contributed by atoms with van der Waals surface area (Å²) in [6.45, 7) is 0.223. The molecule has 3 heterocycles. The minimum atomic E-state index is -0.627. The first-order valence-electron chi connectivity index (χ1n) is 6.89. The lowest BCUT2D eigenvalue weighted by Gasteiger charge is -2.16. The summed E-state index contributed by atoms with van der Waals surface area (Å²) in [6, 6.07) is 8.76. The summed E-state index contributed by atoms with van der Waals surface area (Å²) in [6.07, 6.45) is 0. The summed E-state index contributed by atoms with van der Waals surface area (Å²) >= 11 is 1.34. The lowest BCUT2D eigenvalue weighted by Crippen LogP contribution is -2.43. The third-order valence-corrected chi connectivity index (χ3v) is 4.79. The van der Waals surface area contributed by atoms with Gasteiger partial charge in [-0.15, -0.1) is 11.3 Å². The molecule has 4 rings (SSSR count). The Bertz CT molecular complexity index is 845. The molecule has 0 bridgehead atoms. The smallest absolute Gasteiger partial charge is 0.343 e. The maximum atomic E-state index is 12.3. The van der Waals surface area contributed by atoms with Crippen LogP contribution in [0, 0.1) is 0 Å². The van der Waals surface area contributed by atoms with Crippen molar-refractivity contribution in [2.24, 2.45) is 0 Å². The van der Waals surface area contributed by atoms with E-state index in [4.69, 9.17) is 4.74 Å². The third-order valence-electron chi connectivity index (χ3n) is 3.58. The van der Waals surface area contributed by atoms with Crippen molar-refractivity contribution in [2.75, 3.05) is 6.54 Å². The molecule has 0 unspecified atom stereocenters. The van der Waals surface area contributed by atoms with Crippen LogP contribution in [0.4, 0.5) is 4.79 Å². The molecule has 0 aliphatic carbocycles. The maximum Gasteiger partial charge on any atom is 0.343 e. The number of nitrogens with zero attached hydrogens (tertiary/aromatic N) is 1. The van der Waals surface area contributed by atoms with Crippen LogP contribution in [0.5, 0.6) is 5.75 Å². The number of hydrazine groups is 1. The quantitative estimate of drug-likeness (QED) is 0.818. The summed E-state index contributed by atoms with van der Waals surface area (Å²) in [5.41, 5.74) is 4.32. The zero-order valence-corrected chi connectivity index (χ0v) is 12.6. The molecular formula is C15H11N3O4S. The molecule has 1 aromatic carbocycles. The van der Waals surface area contributed by atoms with Crippen molar-refractivity contribution in [3.8, 4) is 16.2 Å². The van der Waals surface area contributed by atoms with Crippen LogP contribution in [0.2, 0.25) is 0 Å². The molecule has 0 radical (unpaired) electrons. The lowest BCUT2D eigenvalue weighted by atomic mass is 10.1. The first-order valence-corrected chi connectivity index (χ1v) is 7.71. The number of hydrogen-bond donors (Lipinski definition) is 2. The van der Waals surface area contributed by atoms with Crippen molar-refractivity contribution in [1.82, 2.24) is 15.8 Å². The van der Waals surface area contributed by atoms with Crippen LogP contribution in [0.25, 0.3) is 10.4 Å². The highest BCUT2D eigenvalue weighted by molar-refractivity contribution is 7.17. The number of benzene rings is 1. The fraction of sp³-hybridized carbons (Fsp3) is 0.133. The summed E-state index contributed by atoms with van der Waals surface area (Å²) in [5.74, 6) is -0.0758. The Morgan fingerprint density at radius 2 is 2.13 bits per heavy atom. The normalized spacial score (nSPS) is 15.6. The molecule has 4 amide bonds. The van der Waals surface area contributed by atoms with Gasteiger partial charge in [-0.1, -0.05) is 12.1 Å². The summed E-state index contributed by atoms with van der Waals surface area (Å²) in [5, 5.41) is 3.07. The van der Waals surface area contributed by atoms with Gasteiger partial charge >= 0.3 is 6.03 Å². The van der Waals surface area contributed by atoms with Crippen LogP contribution in [-0.2, 0) is 11.4 Å². The molecule has 2 N–H and O–H groups in total. The van der Waals surface area contributed by atoms with Gasteiger partial charge in [0.2, 0.25) is 5.91 Å². The number of fused-ring (bicyclic) bond motifs is 3. The Balaban J connectivity index is 1.60. The van der Waals surface area contributed by atoms with E-state index in [1.165, 1.54) is 11.3 Å². The molecule has 1 aromatic heterocycles. The molecular weight excluding hydrogens is 318 g/mol. The standard InChI is InChI=1S/C15H11N3O4S/c19-12-6-18(15(21)16-12)17-14(20)11-5-8-7-22-10-4-2-1-3-9(10)13(8)23-11/h1-5H,6-7H2,(H,17,20)(H,16,19,21). The number of ether oxygens (including phenoxy) is 1. The molecule has 0 spiro atoms. The third kappa shape index (κ3) is 2.33. The summed E-state index contributed by atoms with van der Waals surface area (Å²) in [4.78, 5) is 36.4. The van der Waals surface area contributed by atoms with Crippen molar-refractivity contribution >= 4 is 29.2 Å². The molecule has 8 heteroatoms. The zero-order chi connectivity index (χ0) is 16.0. The molecule has 116 valence electrons. The minimum Gasteiger partial charge on any atom is -0.488 e. The Hall–Kier alpha value is -2.87. The number of rotatable bonds is 2. The number of para-hydroxylation sites is 1. The predicted octanol–water partition coefficient (Wildman–Crippen LogP) is 1.50. The monoisotopic (exact) mass is 329 g/mol. The molecule has 2 aromatic rings. The van der Waals surface area contributed by atoms with Crippen LogP contribution in [0.3, 0.4) is 0 Å². The Morgan fingerprint density at radius 1 is 1.30 bits per heavy atom.